The summed E-state index contributed by atoms with van der Waals surface area (Å²) in [7, 11) is -1.75. The number of nitrogens with zero attached hydrogens (tertiary/aromatic N) is 1. The molecule has 0 unspecified atom stereocenters. The smallest absolute Gasteiger partial charge is 0.414 e. The predicted octanol–water partition coefficient (Wildman–Crippen LogP) is 5.75. The second kappa shape index (κ2) is 10.7. The molecule has 1 fully saturated rings. The molecule has 0 aromatic carbocycles. The molecule has 6 heteroatoms. The molecule has 1 aromatic heterocycles. The van der Waals surface area contributed by atoms with Gasteiger partial charge in [-0.05, 0) is 48.7 Å². The van der Waals surface area contributed by atoms with Crippen LogP contribution in [-0.4, -0.2) is 38.1 Å². The van der Waals surface area contributed by atoms with E-state index in [0.717, 1.165) is 36.7 Å². The van der Waals surface area contributed by atoms with Gasteiger partial charge in [0.2, 0.25) is 0 Å². The number of amides is 1. The first kappa shape index (κ1) is 22.5. The second-order valence-electron chi connectivity index (χ2n) is 7.78. The minimum Gasteiger partial charge on any atom is -0.469 e. The van der Waals surface area contributed by atoms with Crippen LogP contribution in [0.5, 0.6) is 0 Å². The third kappa shape index (κ3) is 5.87. The minimum atomic E-state index is -1.75. The van der Waals surface area contributed by atoms with Crippen molar-refractivity contribution in [1.29, 1.82) is 0 Å². The molecule has 2 atom stereocenters. The topological polar surface area (TPSA) is 51.9 Å². The van der Waals surface area contributed by atoms with Gasteiger partial charge in [-0.2, -0.15) is 0 Å². The Morgan fingerprint density at radius 1 is 1.32 bits per heavy atom. The largest absolute Gasteiger partial charge is 0.469 e. The first-order valence-electron chi connectivity index (χ1n) is 10.5. The molecule has 0 spiro atoms. The van der Waals surface area contributed by atoms with Crippen LogP contribution in [0.2, 0.25) is 18.1 Å². The third-order valence-corrected chi connectivity index (χ3v) is 10.5. The van der Waals surface area contributed by atoms with Crippen molar-refractivity contribution in [3.05, 3.63) is 42.2 Å². The van der Waals surface area contributed by atoms with Crippen LogP contribution in [0.1, 0.15) is 46.8 Å². The SMILES string of the molecule is CC[Si](CC)(CC)O[C@@H](C=C=CN1C(=O)OC[C@@H]1C(C)C)CCc1ccco1. The van der Waals surface area contributed by atoms with Gasteiger partial charge < -0.3 is 13.6 Å². The van der Waals surface area contributed by atoms with Gasteiger partial charge in [-0.15, -0.1) is 5.73 Å². The van der Waals surface area contributed by atoms with Gasteiger partial charge >= 0.3 is 6.09 Å². The van der Waals surface area contributed by atoms with Gasteiger partial charge in [0.25, 0.3) is 0 Å². The van der Waals surface area contributed by atoms with Crippen molar-refractivity contribution < 1.29 is 18.4 Å². The van der Waals surface area contributed by atoms with Crippen molar-refractivity contribution in [1.82, 2.24) is 4.90 Å². The lowest BCUT2D eigenvalue weighted by molar-refractivity contribution is 0.166. The summed E-state index contributed by atoms with van der Waals surface area (Å²) in [5, 5.41) is 0. The summed E-state index contributed by atoms with van der Waals surface area (Å²) in [5.41, 5.74) is 3.21. The summed E-state index contributed by atoms with van der Waals surface area (Å²) in [5.74, 6) is 1.29. The molecule has 156 valence electrons. The Morgan fingerprint density at radius 2 is 2.04 bits per heavy atom. The van der Waals surface area contributed by atoms with E-state index in [4.69, 9.17) is 13.6 Å². The number of furan rings is 1. The van der Waals surface area contributed by atoms with Gasteiger partial charge in [0.15, 0.2) is 8.32 Å². The van der Waals surface area contributed by atoms with E-state index in [9.17, 15) is 4.79 Å². The van der Waals surface area contributed by atoms with E-state index >= 15 is 0 Å². The summed E-state index contributed by atoms with van der Waals surface area (Å²) >= 11 is 0. The Morgan fingerprint density at radius 3 is 2.61 bits per heavy atom. The molecule has 1 amide bonds. The van der Waals surface area contributed by atoms with Crippen molar-refractivity contribution in [2.45, 2.75) is 77.7 Å². The molecule has 1 aromatic rings. The van der Waals surface area contributed by atoms with E-state index in [1.54, 1.807) is 17.4 Å². The van der Waals surface area contributed by atoms with Crippen LogP contribution < -0.4 is 0 Å². The Kier molecular flexibility index (Phi) is 8.61. The van der Waals surface area contributed by atoms with Gasteiger partial charge in [0, 0.05) is 6.42 Å². The summed E-state index contributed by atoms with van der Waals surface area (Å²) < 4.78 is 17.3. The molecule has 1 aliphatic rings. The molecule has 0 N–H and O–H groups in total. The summed E-state index contributed by atoms with van der Waals surface area (Å²) in [4.78, 5) is 13.6. The van der Waals surface area contributed by atoms with E-state index in [1.807, 2.05) is 18.2 Å². The molecule has 0 aliphatic carbocycles. The van der Waals surface area contributed by atoms with E-state index in [2.05, 4.69) is 40.3 Å². The van der Waals surface area contributed by atoms with Gasteiger partial charge in [-0.3, -0.25) is 4.90 Å². The molecule has 0 radical (unpaired) electrons. The highest BCUT2D eigenvalue weighted by atomic mass is 28.4. The number of rotatable bonds is 11. The standard InChI is InChI=1S/C22H35NO4Si/c1-6-28(7-2,8-3)27-20(14-13-19-12-10-16-25-19)11-9-15-23-21(18(4)5)17-26-22(23)24/h10-12,15-16,18,20-21H,6-8,13-14,17H2,1-5H3/t9?,20-,21+/m0/s1. The van der Waals surface area contributed by atoms with Crippen LogP contribution in [-0.2, 0) is 15.6 Å². The Hall–Kier alpha value is -1.75. The highest BCUT2D eigenvalue weighted by Crippen LogP contribution is 2.25. The van der Waals surface area contributed by atoms with Crippen molar-refractivity contribution >= 4 is 14.4 Å². The molecular weight excluding hydrogens is 370 g/mol. The van der Waals surface area contributed by atoms with Crippen molar-refractivity contribution in [2.75, 3.05) is 6.61 Å². The van der Waals surface area contributed by atoms with E-state index in [-0.39, 0.29) is 18.2 Å². The quantitative estimate of drug-likeness (QED) is 0.347. The lowest BCUT2D eigenvalue weighted by atomic mass is 10.1. The number of carbonyl (C=O) groups is 1. The maximum Gasteiger partial charge on any atom is 0.414 e. The van der Waals surface area contributed by atoms with E-state index < -0.39 is 8.32 Å². The highest BCUT2D eigenvalue weighted by molar-refractivity contribution is 6.73. The fraction of sp³-hybridized carbons (Fsp3) is 0.636. The van der Waals surface area contributed by atoms with Gasteiger partial charge in [-0.1, -0.05) is 34.6 Å². The first-order chi connectivity index (χ1) is 13.4. The normalized spacial score (nSPS) is 18.1. The number of ether oxygens (including phenoxy) is 1. The zero-order chi connectivity index (χ0) is 20.6. The minimum absolute atomic E-state index is 0.0380. The molecule has 1 saturated heterocycles. The van der Waals surface area contributed by atoms with Crippen LogP contribution in [0.25, 0.3) is 0 Å². The maximum absolute atomic E-state index is 12.0. The third-order valence-electron chi connectivity index (χ3n) is 5.80. The van der Waals surface area contributed by atoms with Crippen LogP contribution in [0.3, 0.4) is 0 Å². The van der Waals surface area contributed by atoms with Crippen molar-refractivity contribution in [3.8, 4) is 0 Å². The average molecular weight is 406 g/mol. The van der Waals surface area contributed by atoms with Crippen molar-refractivity contribution in [3.63, 3.8) is 0 Å². The molecule has 0 saturated carbocycles. The molecule has 28 heavy (non-hydrogen) atoms. The van der Waals surface area contributed by atoms with Crippen molar-refractivity contribution in [2.24, 2.45) is 5.92 Å². The highest BCUT2D eigenvalue weighted by Gasteiger charge is 2.34. The Bertz CT molecular complexity index is 652. The summed E-state index contributed by atoms with van der Waals surface area (Å²) in [6.07, 6.45) is 6.70. The lowest BCUT2D eigenvalue weighted by Crippen LogP contribution is -2.39. The maximum atomic E-state index is 12.0. The van der Waals surface area contributed by atoms with Crippen LogP contribution in [0.15, 0.2) is 40.8 Å². The fourth-order valence-corrected chi connectivity index (χ4v) is 6.40. The van der Waals surface area contributed by atoms with Gasteiger partial charge in [-0.25, -0.2) is 4.79 Å². The zero-order valence-corrected chi connectivity index (χ0v) is 18.9. The molecule has 0 bridgehead atoms. The number of carbonyl (C=O) groups excluding carboxylic acids is 1. The lowest BCUT2D eigenvalue weighted by Gasteiger charge is -2.31. The monoisotopic (exact) mass is 405 g/mol. The predicted molar refractivity (Wildman–Crippen MR) is 114 cm³/mol. The Labute approximate surface area is 170 Å². The first-order valence-corrected chi connectivity index (χ1v) is 13.1. The molecule has 2 rings (SSSR count). The number of aryl methyl sites for hydroxylation is 1. The van der Waals surface area contributed by atoms with E-state index in [0.29, 0.717) is 12.5 Å². The van der Waals surface area contributed by atoms with Crippen LogP contribution in [0.4, 0.5) is 4.79 Å². The summed E-state index contributed by atoms with van der Waals surface area (Å²) in [6, 6.07) is 7.27. The number of hydrogen-bond donors (Lipinski definition) is 0. The molecular formula is C22H35NO4Si. The second-order valence-corrected chi connectivity index (χ2v) is 12.5. The van der Waals surface area contributed by atoms with Crippen LogP contribution >= 0.6 is 0 Å². The molecule has 2 heterocycles. The zero-order valence-electron chi connectivity index (χ0n) is 17.9. The fourth-order valence-electron chi connectivity index (χ4n) is 3.58. The average Bonchev–Trinajstić information content (AvgIpc) is 3.34. The van der Waals surface area contributed by atoms with Gasteiger partial charge in [0.05, 0.1) is 24.6 Å². The summed E-state index contributed by atoms with van der Waals surface area (Å²) in [6.45, 7) is 11.3. The van der Waals surface area contributed by atoms with E-state index in [1.165, 1.54) is 0 Å². The van der Waals surface area contributed by atoms with Crippen LogP contribution in [0, 0.1) is 5.92 Å². The molecule has 1 aliphatic heterocycles. The van der Waals surface area contributed by atoms with Gasteiger partial charge in [0.1, 0.15) is 12.4 Å². The number of hydrogen-bond acceptors (Lipinski definition) is 4. The molecule has 5 nitrogen and oxygen atoms in total. The Balaban J connectivity index is 2.14. The number of cyclic esters (lactones) is 1.